The predicted molar refractivity (Wildman–Crippen MR) is 99.8 cm³/mol. The maximum Gasteiger partial charge on any atom is 0.190 e. The third kappa shape index (κ3) is 2.98. The summed E-state index contributed by atoms with van der Waals surface area (Å²) in [6.45, 7) is 2.17. The molecular weight excluding hydrogens is 322 g/mol. The van der Waals surface area contributed by atoms with Crippen molar-refractivity contribution in [2.24, 2.45) is 0 Å². The fourth-order valence-electron chi connectivity index (χ4n) is 2.41. The first kappa shape index (κ1) is 14.4. The summed E-state index contributed by atoms with van der Waals surface area (Å²) in [5.74, 6) is 0. The maximum absolute atomic E-state index is 4.65. The number of fused-ring (bicyclic) bond motifs is 1. The van der Waals surface area contributed by atoms with Crippen LogP contribution in [-0.2, 0) is 6.42 Å². The van der Waals surface area contributed by atoms with Crippen molar-refractivity contribution in [2.75, 3.05) is 5.32 Å². The molecule has 5 heteroatoms. The lowest BCUT2D eigenvalue weighted by atomic mass is 10.2. The molecule has 2 aromatic carbocycles. The summed E-state index contributed by atoms with van der Waals surface area (Å²) in [6, 6.07) is 16.7. The van der Waals surface area contributed by atoms with Crippen molar-refractivity contribution in [2.45, 2.75) is 13.3 Å². The van der Waals surface area contributed by atoms with Crippen molar-refractivity contribution in [3.63, 3.8) is 0 Å². The summed E-state index contributed by atoms with van der Waals surface area (Å²) in [5.41, 5.74) is 4.50. The summed E-state index contributed by atoms with van der Waals surface area (Å²) in [6.07, 6.45) is 1.05. The molecule has 0 spiro atoms. The zero-order valence-electron chi connectivity index (χ0n) is 12.6. The van der Waals surface area contributed by atoms with Crippen LogP contribution in [0.3, 0.4) is 0 Å². The molecule has 0 aliphatic heterocycles. The molecule has 0 unspecified atom stereocenters. The van der Waals surface area contributed by atoms with E-state index in [9.17, 15) is 0 Å². The second kappa shape index (κ2) is 6.10. The Morgan fingerprint density at radius 3 is 2.70 bits per heavy atom. The summed E-state index contributed by atoms with van der Waals surface area (Å²) in [5, 5.41) is 7.17. The molecular formula is C18H15N3S2. The number of hydrogen-bond acceptors (Lipinski definition) is 5. The molecule has 114 valence electrons. The SMILES string of the molecule is CCc1ccc2nc(Nc3nc(-c4ccccc4)cs3)sc2c1. The van der Waals surface area contributed by atoms with Crippen LogP contribution < -0.4 is 5.32 Å². The number of anilines is 2. The Morgan fingerprint density at radius 1 is 1.00 bits per heavy atom. The molecule has 0 bridgehead atoms. The van der Waals surface area contributed by atoms with Crippen molar-refractivity contribution < 1.29 is 0 Å². The van der Waals surface area contributed by atoms with E-state index in [1.165, 1.54) is 10.3 Å². The molecule has 0 atom stereocenters. The summed E-state index contributed by atoms with van der Waals surface area (Å²) < 4.78 is 1.21. The van der Waals surface area contributed by atoms with Crippen LogP contribution in [0.25, 0.3) is 21.5 Å². The zero-order valence-corrected chi connectivity index (χ0v) is 14.2. The third-order valence-electron chi connectivity index (χ3n) is 3.65. The molecule has 0 fully saturated rings. The van der Waals surface area contributed by atoms with Crippen LogP contribution in [0.4, 0.5) is 10.3 Å². The van der Waals surface area contributed by atoms with Gasteiger partial charge in [0, 0.05) is 10.9 Å². The van der Waals surface area contributed by atoms with E-state index in [2.05, 4.69) is 57.9 Å². The highest BCUT2D eigenvalue weighted by molar-refractivity contribution is 7.22. The van der Waals surface area contributed by atoms with Gasteiger partial charge in [-0.1, -0.05) is 54.7 Å². The van der Waals surface area contributed by atoms with Crippen molar-refractivity contribution in [3.8, 4) is 11.3 Å². The number of thiazole rings is 2. The number of rotatable bonds is 4. The third-order valence-corrected chi connectivity index (χ3v) is 5.34. The van der Waals surface area contributed by atoms with Gasteiger partial charge in [-0.2, -0.15) is 0 Å². The Bertz CT molecular complexity index is 941. The minimum atomic E-state index is 0.874. The highest BCUT2D eigenvalue weighted by Gasteiger charge is 2.08. The molecule has 23 heavy (non-hydrogen) atoms. The van der Waals surface area contributed by atoms with Gasteiger partial charge in [-0.3, -0.25) is 0 Å². The topological polar surface area (TPSA) is 37.8 Å². The fraction of sp³-hybridized carbons (Fsp3) is 0.111. The maximum atomic E-state index is 4.65. The van der Waals surface area contributed by atoms with Crippen LogP contribution in [0.5, 0.6) is 0 Å². The quantitative estimate of drug-likeness (QED) is 0.517. The molecule has 0 aliphatic carbocycles. The van der Waals surface area contributed by atoms with Gasteiger partial charge in [0.2, 0.25) is 0 Å². The normalized spacial score (nSPS) is 11.0. The van der Waals surface area contributed by atoms with Crippen molar-refractivity contribution in [1.29, 1.82) is 0 Å². The standard InChI is InChI=1S/C18H15N3S2/c1-2-12-8-9-14-16(10-12)23-18(19-14)21-17-20-15(11-22-17)13-6-4-3-5-7-13/h3-11H,2H2,1H3,(H,19,20,21). The minimum absolute atomic E-state index is 0.874. The van der Waals surface area contributed by atoms with Crippen LogP contribution in [0.2, 0.25) is 0 Å². The van der Waals surface area contributed by atoms with Gasteiger partial charge in [0.1, 0.15) is 0 Å². The van der Waals surface area contributed by atoms with Crippen molar-refractivity contribution in [3.05, 3.63) is 59.5 Å². The molecule has 0 saturated heterocycles. The highest BCUT2D eigenvalue weighted by atomic mass is 32.1. The monoisotopic (exact) mass is 337 g/mol. The Balaban J connectivity index is 1.60. The zero-order chi connectivity index (χ0) is 15.6. The molecule has 0 aliphatic rings. The molecule has 0 saturated carbocycles. The highest BCUT2D eigenvalue weighted by Crippen LogP contribution is 2.31. The van der Waals surface area contributed by atoms with Gasteiger partial charge in [0.05, 0.1) is 15.9 Å². The summed E-state index contributed by atoms with van der Waals surface area (Å²) in [4.78, 5) is 9.29. The van der Waals surface area contributed by atoms with E-state index >= 15 is 0 Å². The van der Waals surface area contributed by atoms with Gasteiger partial charge in [-0.15, -0.1) is 11.3 Å². The Hall–Kier alpha value is -2.24. The molecule has 1 N–H and O–H groups in total. The van der Waals surface area contributed by atoms with Crippen molar-refractivity contribution in [1.82, 2.24) is 9.97 Å². The Morgan fingerprint density at radius 2 is 1.87 bits per heavy atom. The predicted octanol–water partition coefficient (Wildman–Crippen LogP) is 5.73. The van der Waals surface area contributed by atoms with E-state index in [0.29, 0.717) is 0 Å². The lowest BCUT2D eigenvalue weighted by Gasteiger charge is -1.96. The van der Waals surface area contributed by atoms with Gasteiger partial charge in [-0.05, 0) is 24.1 Å². The molecule has 4 rings (SSSR count). The van der Waals surface area contributed by atoms with Crippen LogP contribution in [0.1, 0.15) is 12.5 Å². The number of aryl methyl sites for hydroxylation is 1. The number of benzene rings is 2. The second-order valence-electron chi connectivity index (χ2n) is 5.20. The average molecular weight is 337 g/mol. The number of aromatic nitrogens is 2. The van der Waals surface area contributed by atoms with Gasteiger partial charge in [-0.25, -0.2) is 9.97 Å². The van der Waals surface area contributed by atoms with E-state index in [0.717, 1.165) is 33.5 Å². The molecule has 0 amide bonds. The minimum Gasteiger partial charge on any atom is -0.307 e. The van der Waals surface area contributed by atoms with Gasteiger partial charge < -0.3 is 5.32 Å². The first-order valence-electron chi connectivity index (χ1n) is 7.49. The van der Waals surface area contributed by atoms with E-state index in [4.69, 9.17) is 0 Å². The molecule has 3 nitrogen and oxygen atoms in total. The summed E-state index contributed by atoms with van der Waals surface area (Å²) >= 11 is 3.27. The van der Waals surface area contributed by atoms with Crippen LogP contribution >= 0.6 is 22.7 Å². The first-order valence-corrected chi connectivity index (χ1v) is 9.19. The second-order valence-corrected chi connectivity index (χ2v) is 7.09. The van der Waals surface area contributed by atoms with Gasteiger partial charge in [0.25, 0.3) is 0 Å². The molecule has 2 aromatic heterocycles. The van der Waals surface area contributed by atoms with Crippen LogP contribution in [0, 0.1) is 0 Å². The van der Waals surface area contributed by atoms with E-state index in [1.54, 1.807) is 22.7 Å². The summed E-state index contributed by atoms with van der Waals surface area (Å²) in [7, 11) is 0. The van der Waals surface area contributed by atoms with Crippen LogP contribution in [0.15, 0.2) is 53.9 Å². The first-order chi connectivity index (χ1) is 11.3. The van der Waals surface area contributed by atoms with E-state index in [1.807, 2.05) is 18.2 Å². The van der Waals surface area contributed by atoms with E-state index < -0.39 is 0 Å². The molecule has 4 aromatic rings. The number of nitrogens with zero attached hydrogens (tertiary/aromatic N) is 2. The van der Waals surface area contributed by atoms with Crippen molar-refractivity contribution >= 4 is 43.2 Å². The number of nitrogens with one attached hydrogen (secondary N) is 1. The average Bonchev–Trinajstić information content (AvgIpc) is 3.21. The fourth-order valence-corrected chi connectivity index (χ4v) is 4.12. The smallest absolute Gasteiger partial charge is 0.190 e. The lowest BCUT2D eigenvalue weighted by Crippen LogP contribution is -1.88. The number of hydrogen-bond donors (Lipinski definition) is 1. The lowest BCUT2D eigenvalue weighted by molar-refractivity contribution is 1.15. The Kier molecular flexibility index (Phi) is 3.81. The largest absolute Gasteiger partial charge is 0.307 e. The van der Waals surface area contributed by atoms with E-state index in [-0.39, 0.29) is 0 Å². The molecule has 2 heterocycles. The van der Waals surface area contributed by atoms with Gasteiger partial charge >= 0.3 is 0 Å². The van der Waals surface area contributed by atoms with Crippen LogP contribution in [-0.4, -0.2) is 9.97 Å². The van der Waals surface area contributed by atoms with Gasteiger partial charge in [0.15, 0.2) is 10.3 Å². The Labute approximate surface area is 142 Å². The molecule has 0 radical (unpaired) electrons.